The van der Waals surface area contributed by atoms with Crippen LogP contribution in [0.3, 0.4) is 0 Å². The van der Waals surface area contributed by atoms with Gasteiger partial charge in [-0.3, -0.25) is 0 Å². The lowest BCUT2D eigenvalue weighted by molar-refractivity contribution is 0.301. The van der Waals surface area contributed by atoms with Crippen LogP contribution >= 0.6 is 11.6 Å². The maximum Gasteiger partial charge on any atom is 0.177 e. The van der Waals surface area contributed by atoms with E-state index in [4.69, 9.17) is 17.3 Å². The Hall–Kier alpha value is -0.670. The molecule has 1 saturated carbocycles. The van der Waals surface area contributed by atoms with Crippen LogP contribution < -0.4 is 5.73 Å². The van der Waals surface area contributed by atoms with Crippen LogP contribution in [0.4, 0.5) is 8.78 Å². The summed E-state index contributed by atoms with van der Waals surface area (Å²) in [7, 11) is 0. The van der Waals surface area contributed by atoms with Gasteiger partial charge in [-0.15, -0.1) is 0 Å². The summed E-state index contributed by atoms with van der Waals surface area (Å²) in [6, 6.07) is 2.60. The summed E-state index contributed by atoms with van der Waals surface area (Å²) >= 11 is 5.83. The van der Waals surface area contributed by atoms with Crippen molar-refractivity contribution in [2.24, 2.45) is 5.73 Å². The predicted molar refractivity (Wildman–Crippen MR) is 60.3 cm³/mol. The molecule has 1 nitrogen and oxygen atoms in total. The number of hydrogen-bond donors (Lipinski definition) is 1. The second-order valence-corrected chi connectivity index (χ2v) is 4.82. The van der Waals surface area contributed by atoms with Gasteiger partial charge in [0.2, 0.25) is 0 Å². The summed E-state index contributed by atoms with van der Waals surface area (Å²) in [4.78, 5) is 0. The first-order chi connectivity index (χ1) is 7.54. The Labute approximate surface area is 98.6 Å². The lowest BCUT2D eigenvalue weighted by Gasteiger charge is -2.34. The van der Waals surface area contributed by atoms with Crippen molar-refractivity contribution >= 4 is 11.6 Å². The van der Waals surface area contributed by atoms with Crippen LogP contribution in [0.1, 0.15) is 37.7 Å². The molecule has 0 aliphatic heterocycles. The minimum atomic E-state index is -0.991. The van der Waals surface area contributed by atoms with Gasteiger partial charge in [-0.2, -0.15) is 0 Å². The van der Waals surface area contributed by atoms with Gasteiger partial charge in [-0.05, 0) is 24.5 Å². The average molecular weight is 246 g/mol. The van der Waals surface area contributed by atoms with Gasteiger partial charge < -0.3 is 5.73 Å². The van der Waals surface area contributed by atoms with E-state index in [1.807, 2.05) is 0 Å². The lowest BCUT2D eigenvalue weighted by atomic mass is 9.77. The fourth-order valence-corrected chi connectivity index (χ4v) is 2.70. The number of halogens is 3. The molecule has 0 atom stereocenters. The molecule has 16 heavy (non-hydrogen) atoms. The zero-order chi connectivity index (χ0) is 11.8. The van der Waals surface area contributed by atoms with E-state index in [9.17, 15) is 8.78 Å². The van der Waals surface area contributed by atoms with Crippen molar-refractivity contribution in [3.63, 3.8) is 0 Å². The summed E-state index contributed by atoms with van der Waals surface area (Å²) < 4.78 is 26.3. The number of benzene rings is 1. The zero-order valence-electron chi connectivity index (χ0n) is 8.90. The van der Waals surface area contributed by atoms with E-state index in [1.165, 1.54) is 6.07 Å². The smallest absolute Gasteiger partial charge is 0.177 e. The third-order valence-electron chi connectivity index (χ3n) is 3.32. The summed E-state index contributed by atoms with van der Waals surface area (Å²) in [6.07, 6.45) is 4.70. The molecular weight excluding hydrogens is 232 g/mol. The Morgan fingerprint density at radius 2 is 1.75 bits per heavy atom. The molecule has 0 aromatic heterocycles. The first-order valence-corrected chi connectivity index (χ1v) is 5.85. The van der Waals surface area contributed by atoms with Crippen molar-refractivity contribution < 1.29 is 8.78 Å². The molecule has 1 aliphatic rings. The molecule has 1 aromatic carbocycles. The minimum Gasteiger partial charge on any atom is -0.321 e. The zero-order valence-corrected chi connectivity index (χ0v) is 9.66. The molecule has 2 N–H and O–H groups in total. The third-order valence-corrected chi connectivity index (χ3v) is 3.69. The van der Waals surface area contributed by atoms with E-state index < -0.39 is 17.2 Å². The standard InChI is InChI=1S/C12H14ClF2N/c13-10-8(4-5-9(14)11(10)15)12(16)6-2-1-3-7-12/h4-5H,1-3,6-7,16H2. The third kappa shape index (κ3) is 1.94. The molecule has 1 aliphatic carbocycles. The largest absolute Gasteiger partial charge is 0.321 e. The quantitative estimate of drug-likeness (QED) is 0.750. The second-order valence-electron chi connectivity index (χ2n) is 4.44. The van der Waals surface area contributed by atoms with Crippen molar-refractivity contribution in [1.29, 1.82) is 0 Å². The van der Waals surface area contributed by atoms with Crippen LogP contribution in [0, 0.1) is 11.6 Å². The molecule has 0 bridgehead atoms. The molecule has 0 amide bonds. The van der Waals surface area contributed by atoms with E-state index in [-0.39, 0.29) is 5.02 Å². The molecule has 0 heterocycles. The van der Waals surface area contributed by atoms with Crippen LogP contribution in [0.25, 0.3) is 0 Å². The highest BCUT2D eigenvalue weighted by Crippen LogP contribution is 2.39. The number of nitrogens with two attached hydrogens (primary N) is 1. The van der Waals surface area contributed by atoms with E-state index in [0.717, 1.165) is 38.2 Å². The number of hydrogen-bond acceptors (Lipinski definition) is 1. The first-order valence-electron chi connectivity index (χ1n) is 5.47. The van der Waals surface area contributed by atoms with Gasteiger partial charge in [0, 0.05) is 5.54 Å². The Kier molecular flexibility index (Phi) is 3.17. The van der Waals surface area contributed by atoms with Gasteiger partial charge in [0.05, 0.1) is 5.02 Å². The molecule has 0 unspecified atom stereocenters. The average Bonchev–Trinajstić information content (AvgIpc) is 2.27. The Balaban J connectivity index is 2.43. The SMILES string of the molecule is NC1(c2ccc(F)c(F)c2Cl)CCCCC1. The second kappa shape index (κ2) is 4.30. The van der Waals surface area contributed by atoms with Crippen LogP contribution in [0.2, 0.25) is 5.02 Å². The molecule has 0 saturated heterocycles. The van der Waals surface area contributed by atoms with Gasteiger partial charge in [0.1, 0.15) is 0 Å². The topological polar surface area (TPSA) is 26.0 Å². The van der Waals surface area contributed by atoms with Crippen LogP contribution in [0.5, 0.6) is 0 Å². The molecule has 1 fully saturated rings. The van der Waals surface area contributed by atoms with Gasteiger partial charge in [0.25, 0.3) is 0 Å². The maximum absolute atomic E-state index is 13.4. The molecule has 0 spiro atoms. The maximum atomic E-state index is 13.4. The fourth-order valence-electron chi connectivity index (χ4n) is 2.36. The first kappa shape index (κ1) is 11.8. The minimum absolute atomic E-state index is 0.163. The number of rotatable bonds is 1. The van der Waals surface area contributed by atoms with Crippen molar-refractivity contribution in [2.75, 3.05) is 0 Å². The Bertz CT molecular complexity index is 400. The highest BCUT2D eigenvalue weighted by Gasteiger charge is 2.32. The summed E-state index contributed by atoms with van der Waals surface area (Å²) in [5.74, 6) is -1.91. The molecule has 4 heteroatoms. The summed E-state index contributed by atoms with van der Waals surface area (Å²) in [6.45, 7) is 0. The molecule has 1 aromatic rings. The van der Waals surface area contributed by atoms with E-state index in [1.54, 1.807) is 0 Å². The van der Waals surface area contributed by atoms with Gasteiger partial charge in [0.15, 0.2) is 11.6 Å². The van der Waals surface area contributed by atoms with Crippen molar-refractivity contribution in [1.82, 2.24) is 0 Å². The summed E-state index contributed by atoms with van der Waals surface area (Å²) in [5, 5.41) is -0.163. The normalized spacial score (nSPS) is 19.8. The summed E-state index contributed by atoms with van der Waals surface area (Å²) in [5.41, 5.74) is 6.17. The Morgan fingerprint density at radius 1 is 1.12 bits per heavy atom. The molecule has 88 valence electrons. The molecular formula is C12H14ClF2N. The molecule has 2 rings (SSSR count). The Morgan fingerprint density at radius 3 is 2.38 bits per heavy atom. The van der Waals surface area contributed by atoms with Crippen LogP contribution in [-0.4, -0.2) is 0 Å². The van der Waals surface area contributed by atoms with Gasteiger partial charge in [-0.25, -0.2) is 8.78 Å². The van der Waals surface area contributed by atoms with Crippen LogP contribution in [-0.2, 0) is 5.54 Å². The predicted octanol–water partition coefficient (Wildman–Crippen LogP) is 3.74. The van der Waals surface area contributed by atoms with Crippen LogP contribution in [0.15, 0.2) is 12.1 Å². The lowest BCUT2D eigenvalue weighted by Crippen LogP contribution is -2.39. The van der Waals surface area contributed by atoms with E-state index in [0.29, 0.717) is 5.56 Å². The monoisotopic (exact) mass is 245 g/mol. The molecule has 0 radical (unpaired) electrons. The van der Waals surface area contributed by atoms with Crippen molar-refractivity contribution in [2.45, 2.75) is 37.6 Å². The van der Waals surface area contributed by atoms with Crippen molar-refractivity contribution in [3.05, 3.63) is 34.4 Å². The fraction of sp³-hybridized carbons (Fsp3) is 0.500. The van der Waals surface area contributed by atoms with Crippen molar-refractivity contribution in [3.8, 4) is 0 Å². The van der Waals surface area contributed by atoms with Gasteiger partial charge >= 0.3 is 0 Å². The van der Waals surface area contributed by atoms with E-state index in [2.05, 4.69) is 0 Å². The van der Waals surface area contributed by atoms with Gasteiger partial charge in [-0.1, -0.05) is 36.9 Å². The highest BCUT2D eigenvalue weighted by molar-refractivity contribution is 6.31. The highest BCUT2D eigenvalue weighted by atomic mass is 35.5. The van der Waals surface area contributed by atoms with E-state index >= 15 is 0 Å².